The number of hydrogen-bond acceptors (Lipinski definition) is 7. The third-order valence-electron chi connectivity index (χ3n) is 7.42. The number of thiophene rings is 1. The Labute approximate surface area is 250 Å². The van der Waals surface area contributed by atoms with Gasteiger partial charge in [0.25, 0.3) is 5.91 Å². The lowest BCUT2D eigenvalue weighted by Crippen LogP contribution is -2.37. The van der Waals surface area contributed by atoms with E-state index in [2.05, 4.69) is 25.3 Å². The molecule has 0 radical (unpaired) electrons. The fourth-order valence-electron chi connectivity index (χ4n) is 5.15. The lowest BCUT2D eigenvalue weighted by Gasteiger charge is -2.26. The van der Waals surface area contributed by atoms with Crippen molar-refractivity contribution in [2.75, 3.05) is 26.2 Å². The van der Waals surface area contributed by atoms with Crippen LogP contribution in [0.25, 0.3) is 27.9 Å². The van der Waals surface area contributed by atoms with Crippen LogP contribution >= 0.6 is 11.3 Å². The molecule has 1 amide bonds. The zero-order chi connectivity index (χ0) is 29.8. The van der Waals surface area contributed by atoms with Crippen molar-refractivity contribution in [3.05, 3.63) is 89.3 Å². The van der Waals surface area contributed by atoms with Crippen LogP contribution in [0.5, 0.6) is 5.75 Å². The van der Waals surface area contributed by atoms with Crippen LogP contribution in [0.2, 0.25) is 0 Å². The van der Waals surface area contributed by atoms with Crippen molar-refractivity contribution in [3.63, 3.8) is 0 Å². The monoisotopic (exact) mass is 606 g/mol. The van der Waals surface area contributed by atoms with E-state index >= 15 is 0 Å². The van der Waals surface area contributed by atoms with E-state index in [-0.39, 0.29) is 10.4 Å². The Bertz CT molecular complexity index is 1680. The Morgan fingerprint density at radius 3 is 2.58 bits per heavy atom. The predicted octanol–water partition coefficient (Wildman–Crippen LogP) is 6.42. The van der Waals surface area contributed by atoms with Crippen LogP contribution in [0.4, 0.5) is 13.2 Å². The number of benzene rings is 1. The van der Waals surface area contributed by atoms with Gasteiger partial charge in [0, 0.05) is 48.0 Å². The van der Waals surface area contributed by atoms with Gasteiger partial charge in [-0.2, -0.15) is 18.3 Å². The number of ether oxygens (including phenoxy) is 1. The minimum absolute atomic E-state index is 0.141. The summed E-state index contributed by atoms with van der Waals surface area (Å²) in [5.41, 5.74) is 3.55. The number of piperidine rings is 1. The normalized spacial score (nSPS) is 15.0. The van der Waals surface area contributed by atoms with E-state index in [9.17, 15) is 18.0 Å². The van der Waals surface area contributed by atoms with Gasteiger partial charge in [0.15, 0.2) is 11.7 Å². The molecule has 1 N–H and O–H groups in total. The molecule has 1 atom stereocenters. The molecule has 0 spiro atoms. The topological polar surface area (TPSA) is 84.7 Å². The van der Waals surface area contributed by atoms with E-state index in [0.29, 0.717) is 23.4 Å². The number of fused-ring (bicyclic) bond motifs is 1. The van der Waals surface area contributed by atoms with Crippen molar-refractivity contribution < 1.29 is 22.7 Å². The van der Waals surface area contributed by atoms with E-state index < -0.39 is 18.1 Å². The second kappa shape index (κ2) is 12.5. The van der Waals surface area contributed by atoms with Crippen LogP contribution in [-0.2, 0) is 0 Å². The molecule has 4 aromatic heterocycles. The second-order valence-corrected chi connectivity index (χ2v) is 11.3. The maximum Gasteiger partial charge on any atom is 0.412 e. The Morgan fingerprint density at radius 1 is 1.02 bits per heavy atom. The lowest BCUT2D eigenvalue weighted by atomic mass is 10.1. The number of carbonyl (C=O) groups is 1. The first-order valence-electron chi connectivity index (χ1n) is 14.0. The average molecular weight is 607 g/mol. The number of halogens is 3. The fourth-order valence-corrected chi connectivity index (χ4v) is 5.96. The molecule has 8 nitrogen and oxygen atoms in total. The fraction of sp³-hybridized carbons (Fsp3) is 0.290. The summed E-state index contributed by atoms with van der Waals surface area (Å²) in [5.74, 6) is -0.0106. The van der Waals surface area contributed by atoms with Gasteiger partial charge in [-0.15, -0.1) is 11.3 Å². The van der Waals surface area contributed by atoms with Crippen molar-refractivity contribution in [2.24, 2.45) is 0 Å². The summed E-state index contributed by atoms with van der Waals surface area (Å²) in [7, 11) is 0. The highest BCUT2D eigenvalue weighted by atomic mass is 32.1. The summed E-state index contributed by atoms with van der Waals surface area (Å²) in [6.45, 7) is 3.87. The van der Waals surface area contributed by atoms with Gasteiger partial charge in [-0.3, -0.25) is 14.7 Å². The SMILES string of the molecule is O=C(NC(c1cccnc1)C(F)(F)F)c1cc(-c2cnn3cc(-c4ccc(OCCN5CCCCC5)cc4)cnc23)cs1. The van der Waals surface area contributed by atoms with Crippen molar-refractivity contribution >= 4 is 22.9 Å². The van der Waals surface area contributed by atoms with Gasteiger partial charge in [-0.05, 0) is 66.7 Å². The summed E-state index contributed by atoms with van der Waals surface area (Å²) in [6, 6.07) is 9.90. The Morgan fingerprint density at radius 2 is 1.84 bits per heavy atom. The summed E-state index contributed by atoms with van der Waals surface area (Å²) >= 11 is 1.05. The molecule has 1 unspecified atom stereocenters. The molecule has 0 aliphatic carbocycles. The number of amides is 1. The molecular weight excluding hydrogens is 577 g/mol. The number of nitrogens with one attached hydrogen (secondary N) is 1. The van der Waals surface area contributed by atoms with Crippen molar-refractivity contribution in [1.82, 2.24) is 29.8 Å². The van der Waals surface area contributed by atoms with Crippen LogP contribution in [0.15, 0.2) is 78.8 Å². The van der Waals surface area contributed by atoms with Gasteiger partial charge < -0.3 is 10.1 Å². The van der Waals surface area contributed by atoms with Crippen LogP contribution < -0.4 is 10.1 Å². The maximum atomic E-state index is 13.7. The molecule has 0 bridgehead atoms. The summed E-state index contributed by atoms with van der Waals surface area (Å²) in [5, 5.41) is 8.24. The minimum atomic E-state index is -4.68. The molecular formula is C31H29F3N6O2S. The van der Waals surface area contributed by atoms with Gasteiger partial charge in [0.2, 0.25) is 0 Å². The van der Waals surface area contributed by atoms with Crippen LogP contribution in [-0.4, -0.2) is 62.8 Å². The third-order valence-corrected chi connectivity index (χ3v) is 8.35. The summed E-state index contributed by atoms with van der Waals surface area (Å²) in [6.07, 6.45) is 6.86. The number of hydrogen-bond donors (Lipinski definition) is 1. The summed E-state index contributed by atoms with van der Waals surface area (Å²) < 4.78 is 48.7. The first-order chi connectivity index (χ1) is 20.8. The van der Waals surface area contributed by atoms with E-state index in [1.165, 1.54) is 37.6 Å². The van der Waals surface area contributed by atoms with Gasteiger partial charge in [-0.25, -0.2) is 9.50 Å². The molecule has 43 heavy (non-hydrogen) atoms. The number of alkyl halides is 3. The highest BCUT2D eigenvalue weighted by Crippen LogP contribution is 2.34. The number of likely N-dealkylation sites (tertiary alicyclic amines) is 1. The van der Waals surface area contributed by atoms with Gasteiger partial charge in [-0.1, -0.05) is 24.6 Å². The van der Waals surface area contributed by atoms with Gasteiger partial charge in [0.1, 0.15) is 12.4 Å². The first-order valence-corrected chi connectivity index (χ1v) is 14.9. The molecule has 12 heteroatoms. The average Bonchev–Trinajstić information content (AvgIpc) is 3.68. The highest BCUT2D eigenvalue weighted by molar-refractivity contribution is 7.12. The molecule has 1 saturated heterocycles. The number of aromatic nitrogens is 4. The molecule has 5 aromatic rings. The van der Waals surface area contributed by atoms with Gasteiger partial charge >= 0.3 is 6.18 Å². The first kappa shape index (κ1) is 28.8. The van der Waals surface area contributed by atoms with Crippen LogP contribution in [0.3, 0.4) is 0 Å². The van der Waals surface area contributed by atoms with E-state index in [1.807, 2.05) is 30.5 Å². The van der Waals surface area contributed by atoms with Crippen molar-refractivity contribution in [1.29, 1.82) is 0 Å². The molecule has 1 fully saturated rings. The maximum absolute atomic E-state index is 13.7. The van der Waals surface area contributed by atoms with Crippen molar-refractivity contribution in [2.45, 2.75) is 31.5 Å². The highest BCUT2D eigenvalue weighted by Gasteiger charge is 2.42. The minimum Gasteiger partial charge on any atom is -0.492 e. The van der Waals surface area contributed by atoms with E-state index in [4.69, 9.17) is 4.74 Å². The largest absolute Gasteiger partial charge is 0.492 e. The van der Waals surface area contributed by atoms with E-state index in [0.717, 1.165) is 54.0 Å². The Balaban J connectivity index is 1.13. The molecule has 5 heterocycles. The van der Waals surface area contributed by atoms with Crippen LogP contribution in [0, 0.1) is 0 Å². The summed E-state index contributed by atoms with van der Waals surface area (Å²) in [4.78, 5) is 23.7. The molecule has 0 saturated carbocycles. The molecule has 1 aromatic carbocycles. The molecule has 1 aliphatic heterocycles. The standard InChI is InChI=1S/C31H29F3N6O2S/c32-31(33,34)28(22-5-4-10-35-16-22)38-30(41)27-15-23(20-43-27)26-18-37-40-19-24(17-36-29(26)40)21-6-8-25(9-7-21)42-14-13-39-11-2-1-3-12-39/h4-10,15-20,28H,1-3,11-14H2,(H,38,41). The molecule has 1 aliphatic rings. The smallest absolute Gasteiger partial charge is 0.412 e. The molecule has 6 rings (SSSR count). The van der Waals surface area contributed by atoms with Gasteiger partial charge in [0.05, 0.1) is 11.1 Å². The van der Waals surface area contributed by atoms with E-state index in [1.54, 1.807) is 28.4 Å². The Hall–Kier alpha value is -4.29. The zero-order valence-corrected chi connectivity index (χ0v) is 23.9. The van der Waals surface area contributed by atoms with Crippen molar-refractivity contribution in [3.8, 4) is 28.0 Å². The number of carbonyl (C=O) groups excluding carboxylic acids is 1. The Kier molecular flexibility index (Phi) is 8.39. The molecule has 222 valence electrons. The number of rotatable bonds is 9. The zero-order valence-electron chi connectivity index (χ0n) is 23.1. The third kappa shape index (κ3) is 6.70. The van der Waals surface area contributed by atoms with Crippen LogP contribution in [0.1, 0.15) is 40.5 Å². The second-order valence-electron chi connectivity index (χ2n) is 10.4. The number of nitrogens with zero attached hydrogens (tertiary/aromatic N) is 5. The predicted molar refractivity (Wildman–Crippen MR) is 158 cm³/mol. The quantitative estimate of drug-likeness (QED) is 0.209. The lowest BCUT2D eigenvalue weighted by molar-refractivity contribution is -0.155. The number of pyridine rings is 1.